The Balaban J connectivity index is 2.22. The third kappa shape index (κ3) is 1.74. The van der Waals surface area contributed by atoms with Crippen LogP contribution in [0.5, 0.6) is 0 Å². The number of hydrogen-bond acceptors (Lipinski definition) is 2. The van der Waals surface area contributed by atoms with Gasteiger partial charge in [-0.05, 0) is 38.4 Å². The first-order valence-electron chi connectivity index (χ1n) is 4.36. The number of nitrogens with two attached hydrogens (primary N) is 1. The largest absolute Gasteiger partial charge is 0.327 e. The van der Waals surface area contributed by atoms with Gasteiger partial charge in [-0.3, -0.25) is 0 Å². The third-order valence-electron chi connectivity index (χ3n) is 3.03. The summed E-state index contributed by atoms with van der Waals surface area (Å²) in [5, 5.41) is 0. The fraction of sp³-hybridized carbons (Fsp3) is 1.00. The molecule has 0 aromatic heterocycles. The van der Waals surface area contributed by atoms with Gasteiger partial charge in [0.15, 0.2) is 0 Å². The number of hydrogen-bond donors (Lipinski definition) is 1. The van der Waals surface area contributed by atoms with E-state index in [-0.39, 0.29) is 0 Å². The van der Waals surface area contributed by atoms with Crippen LogP contribution in [-0.2, 0) is 0 Å². The summed E-state index contributed by atoms with van der Waals surface area (Å²) in [5.41, 5.74) is 6.32. The zero-order valence-electron chi connectivity index (χ0n) is 8.09. The van der Waals surface area contributed by atoms with Crippen molar-refractivity contribution in [2.45, 2.75) is 26.3 Å². The summed E-state index contributed by atoms with van der Waals surface area (Å²) in [7, 11) is 4.22. The van der Waals surface area contributed by atoms with E-state index in [4.69, 9.17) is 5.73 Å². The summed E-state index contributed by atoms with van der Waals surface area (Å²) >= 11 is 0. The number of rotatable bonds is 3. The average Bonchev–Trinajstić information content (AvgIpc) is 2.30. The molecule has 0 saturated heterocycles. The van der Waals surface area contributed by atoms with E-state index < -0.39 is 0 Å². The van der Waals surface area contributed by atoms with E-state index in [1.807, 2.05) is 0 Å². The van der Waals surface area contributed by atoms with Crippen LogP contribution in [0, 0.1) is 11.3 Å². The SMILES string of the molecule is CN(C)CC[C@H]1[C@H](N)C1(C)C. The normalized spacial score (nSPS) is 34.4. The van der Waals surface area contributed by atoms with E-state index in [2.05, 4.69) is 32.8 Å². The molecular formula is C9H20N2. The highest BCUT2D eigenvalue weighted by molar-refractivity contribution is 5.08. The van der Waals surface area contributed by atoms with Crippen LogP contribution < -0.4 is 5.73 Å². The van der Waals surface area contributed by atoms with E-state index in [1.165, 1.54) is 13.0 Å². The molecule has 0 bridgehead atoms. The second-order valence-corrected chi connectivity index (χ2v) is 4.55. The van der Waals surface area contributed by atoms with Gasteiger partial charge in [0.25, 0.3) is 0 Å². The lowest BCUT2D eigenvalue weighted by molar-refractivity contribution is 0.372. The minimum atomic E-state index is 0.413. The lowest BCUT2D eigenvalue weighted by atomic mass is 10.1. The van der Waals surface area contributed by atoms with E-state index in [0.29, 0.717) is 11.5 Å². The Kier molecular flexibility index (Phi) is 2.26. The molecule has 1 fully saturated rings. The van der Waals surface area contributed by atoms with Crippen molar-refractivity contribution >= 4 is 0 Å². The summed E-state index contributed by atoms with van der Waals surface area (Å²) in [6.07, 6.45) is 1.25. The van der Waals surface area contributed by atoms with Gasteiger partial charge in [0, 0.05) is 6.04 Å². The van der Waals surface area contributed by atoms with Crippen molar-refractivity contribution in [3.8, 4) is 0 Å². The van der Waals surface area contributed by atoms with E-state index >= 15 is 0 Å². The zero-order chi connectivity index (χ0) is 8.65. The Bertz CT molecular complexity index is 140. The van der Waals surface area contributed by atoms with Crippen LogP contribution in [0.4, 0.5) is 0 Å². The second-order valence-electron chi connectivity index (χ2n) is 4.55. The van der Waals surface area contributed by atoms with Crippen molar-refractivity contribution < 1.29 is 0 Å². The molecule has 2 heteroatoms. The molecule has 0 unspecified atom stereocenters. The first kappa shape index (κ1) is 9.01. The van der Waals surface area contributed by atoms with Crippen LogP contribution >= 0.6 is 0 Å². The minimum absolute atomic E-state index is 0.413. The maximum atomic E-state index is 5.91. The molecule has 1 aliphatic carbocycles. The lowest BCUT2D eigenvalue weighted by Crippen LogP contribution is -2.15. The quantitative estimate of drug-likeness (QED) is 0.658. The standard InChI is InChI=1S/C9H20N2/c1-9(2)7(8(9)10)5-6-11(3)4/h7-8H,5-6,10H2,1-4H3/t7-,8-/m0/s1. The smallest absolute Gasteiger partial charge is 0.0128 e. The van der Waals surface area contributed by atoms with E-state index in [9.17, 15) is 0 Å². The molecule has 2 atom stereocenters. The predicted octanol–water partition coefficient (Wildman–Crippen LogP) is 0.921. The molecule has 0 aromatic rings. The molecule has 1 aliphatic rings. The summed E-state index contributed by atoms with van der Waals surface area (Å²) in [5.74, 6) is 0.755. The third-order valence-corrected chi connectivity index (χ3v) is 3.03. The molecule has 66 valence electrons. The lowest BCUT2D eigenvalue weighted by Gasteiger charge is -2.09. The molecule has 2 N–H and O–H groups in total. The Morgan fingerprint density at radius 2 is 1.82 bits per heavy atom. The average molecular weight is 156 g/mol. The van der Waals surface area contributed by atoms with Crippen molar-refractivity contribution in [2.75, 3.05) is 20.6 Å². The van der Waals surface area contributed by atoms with Crippen LogP contribution in [0.3, 0.4) is 0 Å². The fourth-order valence-corrected chi connectivity index (χ4v) is 1.74. The highest BCUT2D eigenvalue weighted by Gasteiger charge is 2.54. The van der Waals surface area contributed by atoms with Gasteiger partial charge in [-0.2, -0.15) is 0 Å². The van der Waals surface area contributed by atoms with Crippen LogP contribution in [0.1, 0.15) is 20.3 Å². The van der Waals surface area contributed by atoms with Crippen LogP contribution in [0.15, 0.2) is 0 Å². The molecule has 1 saturated carbocycles. The van der Waals surface area contributed by atoms with Gasteiger partial charge in [0.2, 0.25) is 0 Å². The predicted molar refractivity (Wildman–Crippen MR) is 48.4 cm³/mol. The highest BCUT2D eigenvalue weighted by Crippen LogP contribution is 2.52. The van der Waals surface area contributed by atoms with Crippen LogP contribution in [-0.4, -0.2) is 31.6 Å². The van der Waals surface area contributed by atoms with Gasteiger partial charge >= 0.3 is 0 Å². The Morgan fingerprint density at radius 1 is 1.36 bits per heavy atom. The maximum Gasteiger partial charge on any atom is 0.0128 e. The van der Waals surface area contributed by atoms with Crippen molar-refractivity contribution in [3.05, 3.63) is 0 Å². The monoisotopic (exact) mass is 156 g/mol. The first-order chi connectivity index (χ1) is 4.96. The van der Waals surface area contributed by atoms with Gasteiger partial charge in [-0.15, -0.1) is 0 Å². The molecule has 2 nitrogen and oxygen atoms in total. The molecule has 0 radical (unpaired) electrons. The fourth-order valence-electron chi connectivity index (χ4n) is 1.74. The summed E-state index contributed by atoms with van der Waals surface area (Å²) in [4.78, 5) is 2.22. The van der Waals surface area contributed by atoms with Crippen molar-refractivity contribution in [2.24, 2.45) is 17.1 Å². The Morgan fingerprint density at radius 3 is 2.09 bits per heavy atom. The highest BCUT2D eigenvalue weighted by atomic mass is 15.1. The molecule has 0 aliphatic heterocycles. The molecule has 0 aromatic carbocycles. The molecule has 1 rings (SSSR count). The second kappa shape index (κ2) is 2.76. The molecule has 0 amide bonds. The maximum absolute atomic E-state index is 5.91. The summed E-state index contributed by atoms with van der Waals surface area (Å²) in [6, 6.07) is 0.447. The van der Waals surface area contributed by atoms with Crippen LogP contribution in [0.2, 0.25) is 0 Å². The molecule has 0 spiro atoms. The van der Waals surface area contributed by atoms with Gasteiger partial charge in [0.1, 0.15) is 0 Å². The molecular weight excluding hydrogens is 136 g/mol. The van der Waals surface area contributed by atoms with Gasteiger partial charge in [-0.1, -0.05) is 13.8 Å². The minimum Gasteiger partial charge on any atom is -0.327 e. The van der Waals surface area contributed by atoms with Crippen LogP contribution in [0.25, 0.3) is 0 Å². The number of nitrogens with zero attached hydrogens (tertiary/aromatic N) is 1. The van der Waals surface area contributed by atoms with Crippen molar-refractivity contribution in [3.63, 3.8) is 0 Å². The van der Waals surface area contributed by atoms with Gasteiger partial charge < -0.3 is 10.6 Å². The van der Waals surface area contributed by atoms with E-state index in [1.54, 1.807) is 0 Å². The topological polar surface area (TPSA) is 29.3 Å². The zero-order valence-corrected chi connectivity index (χ0v) is 8.09. The first-order valence-corrected chi connectivity index (χ1v) is 4.36. The van der Waals surface area contributed by atoms with E-state index in [0.717, 1.165) is 5.92 Å². The molecule has 0 heterocycles. The van der Waals surface area contributed by atoms with Crippen molar-refractivity contribution in [1.29, 1.82) is 0 Å². The van der Waals surface area contributed by atoms with Gasteiger partial charge in [-0.25, -0.2) is 0 Å². The Hall–Kier alpha value is -0.0800. The molecule has 11 heavy (non-hydrogen) atoms. The summed E-state index contributed by atoms with van der Waals surface area (Å²) < 4.78 is 0. The van der Waals surface area contributed by atoms with Gasteiger partial charge in [0.05, 0.1) is 0 Å². The Labute approximate surface area is 69.8 Å². The van der Waals surface area contributed by atoms with Crippen molar-refractivity contribution in [1.82, 2.24) is 4.90 Å². The summed E-state index contributed by atoms with van der Waals surface area (Å²) in [6.45, 7) is 5.69.